The molecule has 1 saturated heterocycles. The van der Waals surface area contributed by atoms with E-state index in [0.717, 1.165) is 32.2 Å². The van der Waals surface area contributed by atoms with Crippen molar-refractivity contribution in [2.45, 2.75) is 25.7 Å². The van der Waals surface area contributed by atoms with Crippen molar-refractivity contribution in [1.29, 1.82) is 0 Å². The molecule has 0 radical (unpaired) electrons. The molecule has 1 unspecified atom stereocenters. The number of hydrogen-bond acceptors (Lipinski definition) is 3. The number of likely N-dealkylation sites (tertiary alicyclic amines) is 1. The van der Waals surface area contributed by atoms with E-state index in [-0.39, 0.29) is 11.8 Å². The second kappa shape index (κ2) is 4.31. The van der Waals surface area contributed by atoms with Crippen LogP contribution in [0.2, 0.25) is 0 Å². The third-order valence-corrected chi connectivity index (χ3v) is 3.32. The second-order valence-corrected chi connectivity index (χ2v) is 4.72. The van der Waals surface area contributed by atoms with Crippen LogP contribution < -0.4 is 5.73 Å². The van der Waals surface area contributed by atoms with Crippen LogP contribution in [0.25, 0.3) is 0 Å². The van der Waals surface area contributed by atoms with Crippen molar-refractivity contribution < 1.29 is 9.59 Å². The Balaban J connectivity index is 1.81. The van der Waals surface area contributed by atoms with E-state index in [4.69, 9.17) is 5.73 Å². The molecule has 2 aliphatic rings. The fraction of sp³-hybridized carbons (Fsp3) is 0.818. The number of nitrogens with zero attached hydrogens (tertiary/aromatic N) is 1. The number of Topliss-reactive ketones (excluding diaryl/α,β-unsaturated/α-hetero) is 1. The summed E-state index contributed by atoms with van der Waals surface area (Å²) in [6.45, 7) is 2.13. The minimum absolute atomic E-state index is 0.0502. The summed E-state index contributed by atoms with van der Waals surface area (Å²) in [5.74, 6) is 0.392. The predicted molar refractivity (Wildman–Crippen MR) is 56.1 cm³/mol. The van der Waals surface area contributed by atoms with Gasteiger partial charge >= 0.3 is 0 Å². The minimum Gasteiger partial charge on any atom is -0.369 e. The molecule has 1 aliphatic carbocycles. The van der Waals surface area contributed by atoms with Gasteiger partial charge in [-0.3, -0.25) is 14.5 Å². The van der Waals surface area contributed by atoms with Crippen molar-refractivity contribution in [3.63, 3.8) is 0 Å². The van der Waals surface area contributed by atoms with E-state index >= 15 is 0 Å². The first-order chi connectivity index (χ1) is 7.16. The number of carbonyl (C=O) groups excluding carboxylic acids is 2. The molecule has 2 fully saturated rings. The van der Waals surface area contributed by atoms with Crippen molar-refractivity contribution in [2.24, 2.45) is 17.6 Å². The normalized spacial score (nSPS) is 27.6. The average molecular weight is 210 g/mol. The molecule has 0 bridgehead atoms. The van der Waals surface area contributed by atoms with Gasteiger partial charge in [-0.25, -0.2) is 0 Å². The molecule has 1 amide bonds. The number of nitrogens with two attached hydrogens (primary N) is 1. The third-order valence-electron chi connectivity index (χ3n) is 3.32. The Morgan fingerprint density at radius 3 is 2.53 bits per heavy atom. The van der Waals surface area contributed by atoms with Crippen LogP contribution in [0.4, 0.5) is 0 Å². The van der Waals surface area contributed by atoms with Gasteiger partial charge in [0.1, 0.15) is 5.78 Å². The monoisotopic (exact) mass is 210 g/mol. The molecule has 4 nitrogen and oxygen atoms in total. The van der Waals surface area contributed by atoms with E-state index in [9.17, 15) is 9.59 Å². The van der Waals surface area contributed by atoms with E-state index in [1.54, 1.807) is 0 Å². The third kappa shape index (κ3) is 2.78. The van der Waals surface area contributed by atoms with Crippen molar-refractivity contribution in [3.05, 3.63) is 0 Å². The van der Waals surface area contributed by atoms with Gasteiger partial charge in [0.2, 0.25) is 5.91 Å². The van der Waals surface area contributed by atoms with E-state index in [2.05, 4.69) is 4.90 Å². The van der Waals surface area contributed by atoms with Gasteiger partial charge < -0.3 is 5.73 Å². The molecule has 1 aliphatic heterocycles. The van der Waals surface area contributed by atoms with Crippen LogP contribution in [0, 0.1) is 11.8 Å². The van der Waals surface area contributed by atoms with Crippen molar-refractivity contribution in [2.75, 3.05) is 19.6 Å². The fourth-order valence-electron chi connectivity index (χ4n) is 2.19. The summed E-state index contributed by atoms with van der Waals surface area (Å²) in [5.41, 5.74) is 5.28. The molecular weight excluding hydrogens is 192 g/mol. The number of primary amides is 1. The zero-order valence-corrected chi connectivity index (χ0v) is 8.95. The van der Waals surface area contributed by atoms with Crippen LogP contribution in [0.1, 0.15) is 25.7 Å². The number of hydrogen-bond donors (Lipinski definition) is 1. The first-order valence-electron chi connectivity index (χ1n) is 5.71. The molecule has 15 heavy (non-hydrogen) atoms. The summed E-state index contributed by atoms with van der Waals surface area (Å²) < 4.78 is 0. The lowest BCUT2D eigenvalue weighted by molar-refractivity contribution is -0.126. The maximum absolute atomic E-state index is 11.6. The van der Waals surface area contributed by atoms with E-state index < -0.39 is 0 Å². The van der Waals surface area contributed by atoms with E-state index in [1.165, 1.54) is 0 Å². The molecule has 4 heteroatoms. The van der Waals surface area contributed by atoms with Gasteiger partial charge in [-0.2, -0.15) is 0 Å². The Morgan fingerprint density at radius 2 is 1.93 bits per heavy atom. The van der Waals surface area contributed by atoms with Gasteiger partial charge in [-0.15, -0.1) is 0 Å². The number of carbonyl (C=O) groups is 2. The number of piperidine rings is 1. The lowest BCUT2D eigenvalue weighted by Gasteiger charge is -2.30. The van der Waals surface area contributed by atoms with Gasteiger partial charge in [0, 0.05) is 12.5 Å². The zero-order valence-electron chi connectivity index (χ0n) is 8.95. The Bertz CT molecular complexity index is 274. The smallest absolute Gasteiger partial charge is 0.221 e. The summed E-state index contributed by atoms with van der Waals surface area (Å²) in [6.07, 6.45) is 3.98. The van der Waals surface area contributed by atoms with Gasteiger partial charge in [0.25, 0.3) is 0 Å². The lowest BCUT2D eigenvalue weighted by Crippen LogP contribution is -2.43. The number of ketones is 1. The van der Waals surface area contributed by atoms with Gasteiger partial charge in [-0.05, 0) is 32.2 Å². The lowest BCUT2D eigenvalue weighted by atomic mass is 9.97. The van der Waals surface area contributed by atoms with Crippen LogP contribution in [-0.4, -0.2) is 36.2 Å². The summed E-state index contributed by atoms with van der Waals surface area (Å²) >= 11 is 0. The van der Waals surface area contributed by atoms with Crippen LogP contribution in [0.5, 0.6) is 0 Å². The quantitative estimate of drug-likeness (QED) is 0.719. The molecule has 0 aromatic carbocycles. The summed E-state index contributed by atoms with van der Waals surface area (Å²) in [6, 6.07) is 0. The zero-order chi connectivity index (χ0) is 10.8. The molecule has 0 aromatic heterocycles. The molecule has 0 spiro atoms. The standard InChI is InChI=1S/C11H18N2O2/c12-11(15)9-2-1-5-13(6-9)7-10(14)8-3-4-8/h8-9H,1-7H2,(H2,12,15). The Labute approximate surface area is 89.8 Å². The maximum Gasteiger partial charge on any atom is 0.221 e. The Morgan fingerprint density at radius 1 is 1.20 bits per heavy atom. The molecule has 1 saturated carbocycles. The van der Waals surface area contributed by atoms with E-state index in [1.807, 2.05) is 0 Å². The molecule has 2 rings (SSSR count). The highest BCUT2D eigenvalue weighted by Gasteiger charge is 2.32. The van der Waals surface area contributed by atoms with Crippen molar-refractivity contribution in [1.82, 2.24) is 4.90 Å². The summed E-state index contributed by atoms with van der Waals surface area (Å²) in [7, 11) is 0. The Hall–Kier alpha value is -0.900. The maximum atomic E-state index is 11.6. The highest BCUT2D eigenvalue weighted by Crippen LogP contribution is 2.30. The van der Waals surface area contributed by atoms with Crippen LogP contribution >= 0.6 is 0 Å². The van der Waals surface area contributed by atoms with Crippen LogP contribution in [-0.2, 0) is 9.59 Å². The van der Waals surface area contributed by atoms with E-state index in [0.29, 0.717) is 24.8 Å². The summed E-state index contributed by atoms with van der Waals surface area (Å²) in [5, 5.41) is 0. The van der Waals surface area contributed by atoms with Crippen molar-refractivity contribution >= 4 is 11.7 Å². The predicted octanol–water partition coefficient (Wildman–Crippen LogP) is 0.163. The molecule has 84 valence electrons. The molecule has 1 atom stereocenters. The Kier molecular flexibility index (Phi) is 3.05. The first-order valence-corrected chi connectivity index (χ1v) is 5.71. The molecule has 0 aromatic rings. The minimum atomic E-state index is -0.224. The topological polar surface area (TPSA) is 63.4 Å². The second-order valence-electron chi connectivity index (χ2n) is 4.72. The molecular formula is C11H18N2O2. The summed E-state index contributed by atoms with van der Waals surface area (Å²) in [4.78, 5) is 24.7. The largest absolute Gasteiger partial charge is 0.369 e. The van der Waals surface area contributed by atoms with Crippen LogP contribution in [0.3, 0.4) is 0 Å². The van der Waals surface area contributed by atoms with Gasteiger partial charge in [0.05, 0.1) is 12.5 Å². The first kappa shape index (κ1) is 10.6. The van der Waals surface area contributed by atoms with Crippen molar-refractivity contribution in [3.8, 4) is 0 Å². The highest BCUT2D eigenvalue weighted by molar-refractivity contribution is 5.85. The van der Waals surface area contributed by atoms with Crippen LogP contribution in [0.15, 0.2) is 0 Å². The SMILES string of the molecule is NC(=O)C1CCCN(CC(=O)C2CC2)C1. The fourth-order valence-corrected chi connectivity index (χ4v) is 2.19. The highest BCUT2D eigenvalue weighted by atomic mass is 16.1. The average Bonchev–Trinajstić information content (AvgIpc) is 3.01. The number of amides is 1. The van der Waals surface area contributed by atoms with Gasteiger partial charge in [-0.1, -0.05) is 0 Å². The molecule has 1 heterocycles. The van der Waals surface area contributed by atoms with Gasteiger partial charge in [0.15, 0.2) is 0 Å². The molecule has 2 N–H and O–H groups in total. The number of rotatable bonds is 4.